The molecule has 43 heavy (non-hydrogen) atoms. The Kier molecular flexibility index (Phi) is 11.7. The van der Waals surface area contributed by atoms with Crippen molar-refractivity contribution in [1.29, 1.82) is 0 Å². The van der Waals surface area contributed by atoms with Gasteiger partial charge in [0.1, 0.15) is 6.04 Å². The average Bonchev–Trinajstić information content (AvgIpc) is 3.46. The molecular weight excluding hydrogens is 555 g/mol. The van der Waals surface area contributed by atoms with E-state index in [1.54, 1.807) is 0 Å². The van der Waals surface area contributed by atoms with E-state index >= 15 is 0 Å². The number of aryl methyl sites for hydroxylation is 1. The highest BCUT2D eigenvalue weighted by atomic mass is 19.4. The van der Waals surface area contributed by atoms with Crippen molar-refractivity contribution in [1.82, 2.24) is 15.5 Å². The van der Waals surface area contributed by atoms with Crippen LogP contribution in [0, 0.1) is 0 Å². The van der Waals surface area contributed by atoms with Gasteiger partial charge in [0.05, 0.1) is 5.56 Å². The Labute approximate surface area is 250 Å². The van der Waals surface area contributed by atoms with E-state index in [1.165, 1.54) is 57.1 Å². The zero-order valence-electron chi connectivity index (χ0n) is 24.6. The van der Waals surface area contributed by atoms with Crippen molar-refractivity contribution in [2.45, 2.75) is 96.3 Å². The van der Waals surface area contributed by atoms with Gasteiger partial charge in [-0.15, -0.1) is 0 Å². The highest BCUT2D eigenvalue weighted by molar-refractivity contribution is 5.96. The van der Waals surface area contributed by atoms with Gasteiger partial charge < -0.3 is 9.63 Å². The first-order valence-corrected chi connectivity index (χ1v) is 15.2. The lowest BCUT2D eigenvalue weighted by Gasteiger charge is -2.17. The van der Waals surface area contributed by atoms with Crippen molar-refractivity contribution in [2.24, 2.45) is 0 Å². The van der Waals surface area contributed by atoms with Crippen molar-refractivity contribution < 1.29 is 27.6 Å². The summed E-state index contributed by atoms with van der Waals surface area (Å²) >= 11 is 0. The fourth-order valence-electron chi connectivity index (χ4n) is 5.31. The Morgan fingerprint density at radius 2 is 1.53 bits per heavy atom. The maximum atomic E-state index is 12.9. The Morgan fingerprint density at radius 1 is 0.884 bits per heavy atom. The summed E-state index contributed by atoms with van der Waals surface area (Å²) in [6.07, 6.45) is 7.63. The molecule has 3 aromatic carbocycles. The molecule has 0 aliphatic carbocycles. The summed E-state index contributed by atoms with van der Waals surface area (Å²) in [4.78, 5) is 16.6. The number of carbonyl (C=O) groups is 1. The van der Waals surface area contributed by atoms with Crippen LogP contribution in [-0.2, 0) is 30.4 Å². The number of halogens is 3. The Bertz CT molecular complexity index is 1450. The largest absolute Gasteiger partial charge is 0.480 e. The van der Waals surface area contributed by atoms with Crippen molar-refractivity contribution in [3.63, 3.8) is 0 Å². The van der Waals surface area contributed by atoms with Crippen LogP contribution in [0.4, 0.5) is 13.2 Å². The lowest BCUT2D eigenvalue weighted by Crippen LogP contribution is -2.38. The number of rotatable bonds is 17. The number of aliphatic carboxylic acids is 1. The van der Waals surface area contributed by atoms with E-state index < -0.39 is 23.8 Å². The third kappa shape index (κ3) is 9.38. The molecule has 1 unspecified atom stereocenters. The standard InChI is InChI=1S/C34H40F3N3O3/c1-2-3-4-5-6-7-8-9-10-15-31-39-32(43-40-31)29-21-18-25(27-13-11-12-14-28(27)29)23-38-30(33(41)42)22-24-16-19-26(20-17-24)34(35,36)37/h11-14,16-21,30,38H,2-10,15,22-23H2,1H3,(H,41,42). The molecule has 0 aliphatic rings. The monoisotopic (exact) mass is 595 g/mol. The van der Waals surface area contributed by atoms with Crippen LogP contribution in [0.25, 0.3) is 22.2 Å². The molecule has 1 atom stereocenters. The number of unbranched alkanes of at least 4 members (excludes halogenated alkanes) is 8. The molecule has 1 heterocycles. The van der Waals surface area contributed by atoms with E-state index in [-0.39, 0.29) is 13.0 Å². The van der Waals surface area contributed by atoms with Crippen LogP contribution in [0.15, 0.2) is 65.2 Å². The van der Waals surface area contributed by atoms with Gasteiger partial charge in [0.25, 0.3) is 5.89 Å². The van der Waals surface area contributed by atoms with Crippen molar-refractivity contribution in [2.75, 3.05) is 0 Å². The number of carboxylic acid groups (broad SMARTS) is 1. The van der Waals surface area contributed by atoms with E-state index in [1.807, 2.05) is 36.4 Å². The van der Waals surface area contributed by atoms with Crippen LogP contribution in [0.1, 0.15) is 87.2 Å². The normalized spacial score (nSPS) is 12.6. The molecule has 4 aromatic rings. The first kappa shape index (κ1) is 32.2. The molecule has 9 heteroatoms. The smallest absolute Gasteiger partial charge is 0.416 e. The van der Waals surface area contributed by atoms with Gasteiger partial charge in [-0.1, -0.05) is 106 Å². The molecule has 4 rings (SSSR count). The molecule has 2 N–H and O–H groups in total. The van der Waals surface area contributed by atoms with Crippen LogP contribution in [0.5, 0.6) is 0 Å². The third-order valence-electron chi connectivity index (χ3n) is 7.77. The van der Waals surface area contributed by atoms with Crippen molar-refractivity contribution in [3.8, 4) is 11.5 Å². The van der Waals surface area contributed by atoms with Gasteiger partial charge in [0, 0.05) is 18.5 Å². The minimum absolute atomic E-state index is 0.0488. The highest BCUT2D eigenvalue weighted by Crippen LogP contribution is 2.31. The van der Waals surface area contributed by atoms with E-state index in [9.17, 15) is 23.1 Å². The SMILES string of the molecule is CCCCCCCCCCCc1noc(-c2ccc(CNC(Cc3ccc(C(F)(F)F)cc3)C(=O)O)c3ccccc23)n1. The lowest BCUT2D eigenvalue weighted by molar-refractivity contribution is -0.140. The number of carboxylic acids is 1. The number of benzene rings is 3. The summed E-state index contributed by atoms with van der Waals surface area (Å²) in [5.41, 5.74) is 1.43. The number of fused-ring (bicyclic) bond motifs is 1. The second kappa shape index (κ2) is 15.7. The Morgan fingerprint density at radius 3 is 2.19 bits per heavy atom. The molecule has 0 radical (unpaired) electrons. The zero-order valence-corrected chi connectivity index (χ0v) is 24.6. The first-order valence-electron chi connectivity index (χ1n) is 15.2. The number of hydrogen-bond acceptors (Lipinski definition) is 5. The predicted octanol–water partition coefficient (Wildman–Crippen LogP) is 8.77. The van der Waals surface area contributed by atoms with Gasteiger partial charge in [-0.3, -0.25) is 10.1 Å². The van der Waals surface area contributed by atoms with E-state index in [2.05, 4.69) is 22.4 Å². The molecular formula is C34H40F3N3O3. The summed E-state index contributed by atoms with van der Waals surface area (Å²) < 4.78 is 44.3. The van der Waals surface area contributed by atoms with Crippen LogP contribution >= 0.6 is 0 Å². The minimum atomic E-state index is -4.44. The second-order valence-corrected chi connectivity index (χ2v) is 11.1. The molecule has 0 saturated heterocycles. The molecule has 0 fully saturated rings. The molecule has 0 bridgehead atoms. The lowest BCUT2D eigenvalue weighted by atomic mass is 9.98. The summed E-state index contributed by atoms with van der Waals surface area (Å²) in [6.45, 7) is 2.49. The Hall–Kier alpha value is -3.72. The van der Waals surface area contributed by atoms with Crippen LogP contribution in [-0.4, -0.2) is 27.3 Å². The summed E-state index contributed by atoms with van der Waals surface area (Å²) in [5, 5.41) is 18.9. The van der Waals surface area contributed by atoms with Gasteiger partial charge in [-0.25, -0.2) is 0 Å². The molecule has 0 saturated carbocycles. The van der Waals surface area contributed by atoms with Gasteiger partial charge in [-0.2, -0.15) is 18.2 Å². The topological polar surface area (TPSA) is 88.2 Å². The first-order chi connectivity index (χ1) is 20.8. The van der Waals surface area contributed by atoms with Crippen LogP contribution in [0.2, 0.25) is 0 Å². The van der Waals surface area contributed by atoms with Crippen molar-refractivity contribution in [3.05, 3.63) is 83.2 Å². The molecule has 230 valence electrons. The molecule has 0 aliphatic heterocycles. The molecule has 0 amide bonds. The molecule has 0 spiro atoms. The summed E-state index contributed by atoms with van der Waals surface area (Å²) in [7, 11) is 0. The second-order valence-electron chi connectivity index (χ2n) is 11.1. The van der Waals surface area contributed by atoms with Crippen molar-refractivity contribution >= 4 is 16.7 Å². The molecule has 1 aromatic heterocycles. The van der Waals surface area contributed by atoms with Crippen LogP contribution < -0.4 is 5.32 Å². The maximum absolute atomic E-state index is 12.9. The number of alkyl halides is 3. The Balaban J connectivity index is 1.36. The fraction of sp³-hybridized carbons (Fsp3) is 0.441. The average molecular weight is 596 g/mol. The fourth-order valence-corrected chi connectivity index (χ4v) is 5.31. The van der Waals surface area contributed by atoms with Gasteiger partial charge >= 0.3 is 12.1 Å². The van der Waals surface area contributed by atoms with E-state index in [0.29, 0.717) is 17.3 Å². The van der Waals surface area contributed by atoms with Gasteiger partial charge in [-0.05, 0) is 52.9 Å². The predicted molar refractivity (Wildman–Crippen MR) is 162 cm³/mol. The zero-order chi connectivity index (χ0) is 30.7. The number of nitrogens with zero attached hydrogens (tertiary/aromatic N) is 2. The number of nitrogens with one attached hydrogen (secondary N) is 1. The minimum Gasteiger partial charge on any atom is -0.480 e. The van der Waals surface area contributed by atoms with E-state index in [4.69, 9.17) is 4.52 Å². The third-order valence-corrected chi connectivity index (χ3v) is 7.77. The van der Waals surface area contributed by atoms with Crippen LogP contribution in [0.3, 0.4) is 0 Å². The van der Waals surface area contributed by atoms with Gasteiger partial charge in [0.15, 0.2) is 5.82 Å². The highest BCUT2D eigenvalue weighted by Gasteiger charge is 2.30. The number of aromatic nitrogens is 2. The number of hydrogen-bond donors (Lipinski definition) is 2. The van der Waals surface area contributed by atoms with E-state index in [0.717, 1.165) is 53.3 Å². The summed E-state index contributed by atoms with van der Waals surface area (Å²) in [5.74, 6) is 0.0684. The summed E-state index contributed by atoms with van der Waals surface area (Å²) in [6, 6.07) is 15.2. The quantitative estimate of drug-likeness (QED) is 0.119. The molecule has 6 nitrogen and oxygen atoms in total. The maximum Gasteiger partial charge on any atom is 0.416 e. The van der Waals surface area contributed by atoms with Gasteiger partial charge in [0.2, 0.25) is 0 Å².